The quantitative estimate of drug-likeness (QED) is 0.363. The van der Waals surface area contributed by atoms with Crippen LogP contribution in [0.3, 0.4) is 0 Å². The summed E-state index contributed by atoms with van der Waals surface area (Å²) in [6, 6.07) is 6.46. The maximum atomic E-state index is 12.2. The van der Waals surface area contributed by atoms with Gasteiger partial charge in [-0.25, -0.2) is 4.79 Å². The van der Waals surface area contributed by atoms with Crippen molar-refractivity contribution in [2.75, 3.05) is 0 Å². The van der Waals surface area contributed by atoms with Gasteiger partial charge in [0.05, 0.1) is 5.41 Å². The minimum Gasteiger partial charge on any atom is -0.296 e. The van der Waals surface area contributed by atoms with Gasteiger partial charge in [-0.05, 0) is 31.2 Å². The number of amides is 6. The van der Waals surface area contributed by atoms with E-state index in [4.69, 9.17) is 0 Å². The highest BCUT2D eigenvalue weighted by atomic mass is 16.2. The second kappa shape index (κ2) is 9.32. The molecule has 1 aromatic rings. The number of ketones is 1. The van der Waals surface area contributed by atoms with E-state index in [0.29, 0.717) is 31.2 Å². The molecule has 9 nitrogen and oxygen atoms in total. The number of rotatable bonds is 4. The lowest BCUT2D eigenvalue weighted by molar-refractivity contribution is -0.144. The first-order chi connectivity index (χ1) is 15.7. The van der Waals surface area contributed by atoms with Crippen LogP contribution in [-0.4, -0.2) is 35.4 Å². The summed E-state index contributed by atoms with van der Waals surface area (Å²) in [7, 11) is 0. The Labute approximate surface area is 190 Å². The fourth-order valence-electron chi connectivity index (χ4n) is 4.51. The fraction of sp³-hybridized carbons (Fsp3) is 0.333. The standard InChI is InChI=1S/C14H13NO3.C10H12N2O3/c16-11-5-7-14(8-6-12(17)15-13(14)18)10-4-2-1-3-9(10)11;1-3-5-10(6-4-2)7(13)11-9(15)12-8(10)14/h1-4H,5-8H2,(H,15,17,18);3-4H,1-2,5-6H2,(H2,11,12,13,14,15). The average Bonchev–Trinajstić information content (AvgIpc) is 2.77. The topological polar surface area (TPSA) is 139 Å². The number of Topliss-reactive ketones (excluding diaryl/α,β-unsaturated/α-hetero) is 1. The Morgan fingerprint density at radius 2 is 1.36 bits per heavy atom. The molecular weight excluding hydrogens is 426 g/mol. The van der Waals surface area contributed by atoms with Gasteiger partial charge in [-0.3, -0.25) is 39.9 Å². The van der Waals surface area contributed by atoms with Crippen molar-refractivity contribution in [2.45, 2.75) is 43.9 Å². The van der Waals surface area contributed by atoms with Crippen LogP contribution >= 0.6 is 0 Å². The molecule has 3 N–H and O–H groups in total. The molecule has 6 amide bonds. The van der Waals surface area contributed by atoms with E-state index >= 15 is 0 Å². The smallest absolute Gasteiger partial charge is 0.296 e. The Morgan fingerprint density at radius 1 is 0.788 bits per heavy atom. The van der Waals surface area contributed by atoms with Gasteiger partial charge in [-0.2, -0.15) is 0 Å². The number of hydrogen-bond donors (Lipinski definition) is 3. The van der Waals surface area contributed by atoms with Gasteiger partial charge in [0.25, 0.3) is 0 Å². The van der Waals surface area contributed by atoms with Gasteiger partial charge in [-0.1, -0.05) is 36.4 Å². The van der Waals surface area contributed by atoms with Crippen LogP contribution < -0.4 is 16.0 Å². The monoisotopic (exact) mass is 451 g/mol. The van der Waals surface area contributed by atoms with Gasteiger partial charge < -0.3 is 0 Å². The summed E-state index contributed by atoms with van der Waals surface area (Å²) in [6.45, 7) is 6.98. The molecule has 0 saturated carbocycles. The molecule has 2 fully saturated rings. The molecule has 1 spiro atoms. The predicted molar refractivity (Wildman–Crippen MR) is 118 cm³/mol. The van der Waals surface area contributed by atoms with Crippen LogP contribution in [0, 0.1) is 5.41 Å². The lowest BCUT2D eigenvalue weighted by Crippen LogP contribution is -2.62. The molecular formula is C24H25N3O6. The van der Waals surface area contributed by atoms with Crippen molar-refractivity contribution in [3.8, 4) is 0 Å². The minimum absolute atomic E-state index is 0.0842. The number of allylic oxidation sites excluding steroid dienone is 2. The molecule has 2 aliphatic heterocycles. The van der Waals surface area contributed by atoms with Gasteiger partial charge in [0.1, 0.15) is 5.41 Å². The molecule has 1 atom stereocenters. The molecule has 1 aromatic carbocycles. The van der Waals surface area contributed by atoms with Crippen LogP contribution in [0.2, 0.25) is 0 Å². The number of nitrogens with one attached hydrogen (secondary N) is 3. The molecule has 1 aliphatic carbocycles. The summed E-state index contributed by atoms with van der Waals surface area (Å²) in [5, 5.41) is 6.54. The van der Waals surface area contributed by atoms with Gasteiger partial charge >= 0.3 is 6.03 Å². The largest absolute Gasteiger partial charge is 0.328 e. The minimum atomic E-state index is -1.28. The molecule has 1 unspecified atom stereocenters. The maximum Gasteiger partial charge on any atom is 0.328 e. The van der Waals surface area contributed by atoms with Gasteiger partial charge in [-0.15, -0.1) is 13.2 Å². The summed E-state index contributed by atoms with van der Waals surface area (Å²) >= 11 is 0. The molecule has 2 saturated heterocycles. The zero-order valence-corrected chi connectivity index (χ0v) is 18.1. The molecule has 172 valence electrons. The number of carbonyl (C=O) groups excluding carboxylic acids is 6. The second-order valence-electron chi connectivity index (χ2n) is 8.23. The highest BCUT2D eigenvalue weighted by molar-refractivity contribution is 6.19. The van der Waals surface area contributed by atoms with Crippen LogP contribution in [0.5, 0.6) is 0 Å². The van der Waals surface area contributed by atoms with Crippen molar-refractivity contribution in [2.24, 2.45) is 5.41 Å². The molecule has 33 heavy (non-hydrogen) atoms. The Morgan fingerprint density at radius 3 is 1.94 bits per heavy atom. The SMILES string of the molecule is C=CCC1(CC=C)C(=O)NC(=O)NC1=O.O=C1CCC2(CCC(=O)c3ccccc32)C(=O)N1. The molecule has 0 aromatic heterocycles. The summed E-state index contributed by atoms with van der Waals surface area (Å²) in [5.41, 5.74) is -0.546. The van der Waals surface area contributed by atoms with Crippen LogP contribution in [0.4, 0.5) is 4.79 Å². The Hall–Kier alpha value is -3.88. The van der Waals surface area contributed by atoms with Gasteiger partial charge in [0, 0.05) is 18.4 Å². The molecule has 9 heteroatoms. The van der Waals surface area contributed by atoms with Crippen molar-refractivity contribution in [1.82, 2.24) is 16.0 Å². The third-order valence-corrected chi connectivity index (χ3v) is 6.30. The summed E-state index contributed by atoms with van der Waals surface area (Å²) in [6.07, 6.45) is 5.00. The number of fused-ring (bicyclic) bond motifs is 2. The number of barbiturate groups is 1. The zero-order chi connectivity index (χ0) is 24.2. The number of benzene rings is 1. The van der Waals surface area contributed by atoms with Gasteiger partial charge in [0.2, 0.25) is 23.6 Å². The fourth-order valence-corrected chi connectivity index (χ4v) is 4.51. The number of piperidine rings is 1. The van der Waals surface area contributed by atoms with E-state index in [0.717, 1.165) is 5.56 Å². The lowest BCUT2D eigenvalue weighted by Gasteiger charge is -2.39. The Bertz CT molecular complexity index is 1040. The van der Waals surface area contributed by atoms with Crippen LogP contribution in [-0.2, 0) is 24.6 Å². The van der Waals surface area contributed by atoms with E-state index in [-0.39, 0.29) is 30.4 Å². The van der Waals surface area contributed by atoms with Crippen LogP contribution in [0.1, 0.15) is 54.4 Å². The van der Waals surface area contributed by atoms with Crippen molar-refractivity contribution in [3.63, 3.8) is 0 Å². The summed E-state index contributed by atoms with van der Waals surface area (Å²) in [5.74, 6) is -1.59. The van der Waals surface area contributed by atoms with Crippen LogP contribution in [0.25, 0.3) is 0 Å². The Balaban J connectivity index is 0.000000190. The molecule has 2 heterocycles. The molecule has 0 bridgehead atoms. The van der Waals surface area contributed by atoms with E-state index in [2.05, 4.69) is 29.1 Å². The second-order valence-corrected chi connectivity index (χ2v) is 8.23. The van der Waals surface area contributed by atoms with Crippen LogP contribution in [0.15, 0.2) is 49.6 Å². The third kappa shape index (κ3) is 4.26. The average molecular weight is 451 g/mol. The van der Waals surface area contributed by atoms with Crippen molar-refractivity contribution in [3.05, 3.63) is 60.7 Å². The molecule has 4 rings (SSSR count). The molecule has 3 aliphatic rings. The summed E-state index contributed by atoms with van der Waals surface area (Å²) < 4.78 is 0. The number of urea groups is 1. The first-order valence-electron chi connectivity index (χ1n) is 10.6. The van der Waals surface area contributed by atoms with Gasteiger partial charge in [0.15, 0.2) is 5.78 Å². The number of carbonyl (C=O) groups is 6. The van der Waals surface area contributed by atoms with Crippen molar-refractivity contribution < 1.29 is 28.8 Å². The highest BCUT2D eigenvalue weighted by Crippen LogP contribution is 2.42. The molecule has 0 radical (unpaired) electrons. The van der Waals surface area contributed by atoms with Crippen molar-refractivity contribution in [1.29, 1.82) is 0 Å². The van der Waals surface area contributed by atoms with E-state index in [1.807, 2.05) is 18.2 Å². The summed E-state index contributed by atoms with van der Waals surface area (Å²) in [4.78, 5) is 69.5. The van der Waals surface area contributed by atoms with E-state index in [1.165, 1.54) is 12.2 Å². The maximum absolute atomic E-state index is 12.2. The number of imide groups is 3. The normalized spacial score (nSPS) is 23.4. The van der Waals surface area contributed by atoms with Crippen molar-refractivity contribution >= 4 is 35.4 Å². The zero-order valence-electron chi connectivity index (χ0n) is 18.1. The lowest BCUT2D eigenvalue weighted by atomic mass is 9.65. The predicted octanol–water partition coefficient (Wildman–Crippen LogP) is 1.83. The first kappa shape index (κ1) is 23.8. The number of hydrogen-bond acceptors (Lipinski definition) is 6. The van der Waals surface area contributed by atoms with E-state index < -0.39 is 28.7 Å². The van der Waals surface area contributed by atoms with E-state index in [9.17, 15) is 28.8 Å². The van der Waals surface area contributed by atoms with E-state index in [1.54, 1.807) is 6.07 Å². The Kier molecular flexibility index (Phi) is 6.71. The first-order valence-corrected chi connectivity index (χ1v) is 10.6. The third-order valence-electron chi connectivity index (χ3n) is 6.30. The highest BCUT2D eigenvalue weighted by Gasteiger charge is 2.49.